The van der Waals surface area contributed by atoms with E-state index in [0.717, 1.165) is 5.56 Å². The van der Waals surface area contributed by atoms with E-state index in [1.54, 1.807) is 12.1 Å². The summed E-state index contributed by atoms with van der Waals surface area (Å²) in [5.41, 5.74) is 0.871. The Hall–Kier alpha value is -1.22. The van der Waals surface area contributed by atoms with Crippen LogP contribution in [0.1, 0.15) is 5.56 Å². The van der Waals surface area contributed by atoms with Crippen LogP contribution in [0.2, 0.25) is 5.02 Å². The molecular weight excluding hydrogens is 190 g/mol. The molecule has 1 N–H and O–H groups in total. The zero-order valence-electron chi connectivity index (χ0n) is 7.21. The van der Waals surface area contributed by atoms with Gasteiger partial charge in [0.2, 0.25) is 0 Å². The molecule has 0 aliphatic rings. The number of amides is 1. The monoisotopic (exact) mass is 199 g/mol. The van der Waals surface area contributed by atoms with Crippen molar-refractivity contribution in [2.45, 2.75) is 6.61 Å². The maximum Gasteiger partial charge on any atom is 0.407 e. The molecule has 0 fully saturated rings. The minimum absolute atomic E-state index is 0.236. The van der Waals surface area contributed by atoms with E-state index in [-0.39, 0.29) is 6.61 Å². The molecule has 0 aromatic heterocycles. The van der Waals surface area contributed by atoms with Gasteiger partial charge in [-0.05, 0) is 17.7 Å². The van der Waals surface area contributed by atoms with Crippen LogP contribution in [-0.2, 0) is 11.3 Å². The highest BCUT2D eigenvalue weighted by atomic mass is 35.5. The van der Waals surface area contributed by atoms with Crippen molar-refractivity contribution >= 4 is 17.7 Å². The topological polar surface area (TPSA) is 38.3 Å². The van der Waals surface area contributed by atoms with Gasteiger partial charge in [0.05, 0.1) is 0 Å². The summed E-state index contributed by atoms with van der Waals surface area (Å²) >= 11 is 5.74. The quantitative estimate of drug-likeness (QED) is 0.793. The van der Waals surface area contributed by atoms with Gasteiger partial charge < -0.3 is 10.1 Å². The maximum absolute atomic E-state index is 10.7. The Morgan fingerprint density at radius 3 is 3.00 bits per heavy atom. The van der Waals surface area contributed by atoms with Crippen molar-refractivity contribution < 1.29 is 9.53 Å². The molecule has 0 heterocycles. The molecule has 0 bridgehead atoms. The first-order valence-electron chi connectivity index (χ1n) is 3.81. The third kappa shape index (κ3) is 3.34. The van der Waals surface area contributed by atoms with Crippen LogP contribution in [0.5, 0.6) is 0 Å². The van der Waals surface area contributed by atoms with Gasteiger partial charge in [-0.1, -0.05) is 23.7 Å². The lowest BCUT2D eigenvalue weighted by Crippen LogP contribution is -2.18. The molecule has 13 heavy (non-hydrogen) atoms. The Kier molecular flexibility index (Phi) is 3.58. The van der Waals surface area contributed by atoms with Crippen molar-refractivity contribution in [2.24, 2.45) is 0 Å². The van der Waals surface area contributed by atoms with E-state index in [1.165, 1.54) is 7.05 Å². The highest BCUT2D eigenvalue weighted by Gasteiger charge is 1.98. The molecule has 0 aliphatic heterocycles. The molecule has 3 nitrogen and oxygen atoms in total. The zero-order valence-corrected chi connectivity index (χ0v) is 7.97. The molecular formula is C9H10ClNO2. The summed E-state index contributed by atoms with van der Waals surface area (Å²) in [6.45, 7) is 0.236. The molecule has 0 unspecified atom stereocenters. The number of carbonyl (C=O) groups excluding carboxylic acids is 1. The summed E-state index contributed by atoms with van der Waals surface area (Å²) in [6, 6.07) is 7.18. The minimum Gasteiger partial charge on any atom is -0.445 e. The largest absolute Gasteiger partial charge is 0.445 e. The summed E-state index contributed by atoms with van der Waals surface area (Å²) in [5.74, 6) is 0. The van der Waals surface area contributed by atoms with Crippen molar-refractivity contribution in [3.05, 3.63) is 34.9 Å². The molecule has 0 atom stereocenters. The van der Waals surface area contributed by atoms with Gasteiger partial charge in [-0.15, -0.1) is 0 Å². The third-order valence-corrected chi connectivity index (χ3v) is 1.70. The van der Waals surface area contributed by atoms with Crippen LogP contribution in [0.3, 0.4) is 0 Å². The van der Waals surface area contributed by atoms with Crippen LogP contribution < -0.4 is 5.32 Å². The van der Waals surface area contributed by atoms with Crippen molar-refractivity contribution in [3.8, 4) is 0 Å². The van der Waals surface area contributed by atoms with Gasteiger partial charge in [0.1, 0.15) is 6.61 Å². The number of carbonyl (C=O) groups is 1. The fourth-order valence-electron chi connectivity index (χ4n) is 0.848. The van der Waals surface area contributed by atoms with Crippen LogP contribution in [0.15, 0.2) is 24.3 Å². The lowest BCUT2D eigenvalue weighted by Gasteiger charge is -2.03. The molecule has 1 rings (SSSR count). The van der Waals surface area contributed by atoms with E-state index in [9.17, 15) is 4.79 Å². The molecule has 0 radical (unpaired) electrons. The maximum atomic E-state index is 10.7. The first kappa shape index (κ1) is 9.86. The number of ether oxygens (including phenoxy) is 1. The normalized spacial score (nSPS) is 9.38. The number of hydrogen-bond acceptors (Lipinski definition) is 2. The summed E-state index contributed by atoms with van der Waals surface area (Å²) in [5, 5.41) is 2.99. The van der Waals surface area contributed by atoms with Crippen molar-refractivity contribution in [1.82, 2.24) is 5.32 Å². The summed E-state index contributed by atoms with van der Waals surface area (Å²) in [6.07, 6.45) is -0.444. The average molecular weight is 200 g/mol. The summed E-state index contributed by atoms with van der Waals surface area (Å²) in [7, 11) is 1.51. The van der Waals surface area contributed by atoms with E-state index in [0.29, 0.717) is 5.02 Å². The van der Waals surface area contributed by atoms with Crippen LogP contribution in [0.4, 0.5) is 4.79 Å². The molecule has 0 aliphatic carbocycles. The predicted octanol–water partition coefficient (Wildman–Crippen LogP) is 2.20. The fraction of sp³-hybridized carbons (Fsp3) is 0.222. The number of hydrogen-bond donors (Lipinski definition) is 1. The lowest BCUT2D eigenvalue weighted by molar-refractivity contribution is 0.142. The first-order valence-corrected chi connectivity index (χ1v) is 4.19. The van der Waals surface area contributed by atoms with Gasteiger partial charge in [-0.2, -0.15) is 0 Å². The molecule has 0 saturated heterocycles. The fourth-order valence-corrected chi connectivity index (χ4v) is 1.06. The molecule has 1 aromatic carbocycles. The van der Waals surface area contributed by atoms with Gasteiger partial charge >= 0.3 is 6.09 Å². The first-order chi connectivity index (χ1) is 6.22. The highest BCUT2D eigenvalue weighted by Crippen LogP contribution is 2.11. The average Bonchev–Trinajstić information content (AvgIpc) is 2.14. The van der Waals surface area contributed by atoms with E-state index in [2.05, 4.69) is 5.32 Å². The number of nitrogens with one attached hydrogen (secondary N) is 1. The minimum atomic E-state index is -0.444. The Morgan fingerprint density at radius 1 is 1.62 bits per heavy atom. The molecule has 0 saturated carbocycles. The Morgan fingerprint density at radius 2 is 2.38 bits per heavy atom. The van der Waals surface area contributed by atoms with E-state index in [1.807, 2.05) is 12.1 Å². The van der Waals surface area contributed by atoms with Crippen molar-refractivity contribution in [1.29, 1.82) is 0 Å². The number of rotatable bonds is 2. The van der Waals surface area contributed by atoms with Gasteiger partial charge in [0.15, 0.2) is 0 Å². The molecule has 1 amide bonds. The Bertz CT molecular complexity index is 301. The molecule has 70 valence electrons. The Balaban J connectivity index is 2.50. The highest BCUT2D eigenvalue weighted by molar-refractivity contribution is 6.30. The third-order valence-electron chi connectivity index (χ3n) is 1.46. The smallest absolute Gasteiger partial charge is 0.407 e. The standard InChI is InChI=1S/C9H10ClNO2/c1-11-9(12)13-6-7-3-2-4-8(10)5-7/h2-5H,6H2,1H3,(H,11,12). The van der Waals surface area contributed by atoms with Gasteiger partial charge in [0.25, 0.3) is 0 Å². The van der Waals surface area contributed by atoms with E-state index < -0.39 is 6.09 Å². The molecule has 0 spiro atoms. The zero-order chi connectivity index (χ0) is 9.68. The molecule has 4 heteroatoms. The number of halogens is 1. The van der Waals surface area contributed by atoms with Crippen molar-refractivity contribution in [2.75, 3.05) is 7.05 Å². The second kappa shape index (κ2) is 4.72. The van der Waals surface area contributed by atoms with Crippen molar-refractivity contribution in [3.63, 3.8) is 0 Å². The summed E-state index contributed by atoms with van der Waals surface area (Å²) < 4.78 is 4.82. The molecule has 1 aromatic rings. The van der Waals surface area contributed by atoms with Crippen LogP contribution >= 0.6 is 11.6 Å². The van der Waals surface area contributed by atoms with Gasteiger partial charge in [-0.25, -0.2) is 4.79 Å². The number of benzene rings is 1. The van der Waals surface area contributed by atoms with Crippen LogP contribution in [0.25, 0.3) is 0 Å². The van der Waals surface area contributed by atoms with E-state index >= 15 is 0 Å². The van der Waals surface area contributed by atoms with Crippen LogP contribution in [-0.4, -0.2) is 13.1 Å². The van der Waals surface area contributed by atoms with Gasteiger partial charge in [-0.3, -0.25) is 0 Å². The van der Waals surface area contributed by atoms with Gasteiger partial charge in [0, 0.05) is 12.1 Å². The second-order valence-electron chi connectivity index (χ2n) is 2.46. The lowest BCUT2D eigenvalue weighted by atomic mass is 10.2. The Labute approximate surface area is 81.7 Å². The predicted molar refractivity (Wildman–Crippen MR) is 50.7 cm³/mol. The second-order valence-corrected chi connectivity index (χ2v) is 2.89. The van der Waals surface area contributed by atoms with Crippen LogP contribution in [0, 0.1) is 0 Å². The number of alkyl carbamates (subject to hydrolysis) is 1. The summed E-state index contributed by atoms with van der Waals surface area (Å²) in [4.78, 5) is 10.7. The SMILES string of the molecule is CNC(=O)OCc1cccc(Cl)c1. The van der Waals surface area contributed by atoms with E-state index in [4.69, 9.17) is 16.3 Å².